The first-order valence-corrected chi connectivity index (χ1v) is 9.89. The van der Waals surface area contributed by atoms with Gasteiger partial charge in [0.05, 0.1) is 18.0 Å². The fourth-order valence-electron chi connectivity index (χ4n) is 2.92. The molecule has 1 N–H and O–H groups in total. The fourth-order valence-corrected chi connectivity index (χ4v) is 3.71. The summed E-state index contributed by atoms with van der Waals surface area (Å²) in [7, 11) is 0. The number of benzene rings is 2. The Morgan fingerprint density at radius 2 is 1.80 bits per heavy atom. The van der Waals surface area contributed by atoms with Gasteiger partial charge in [0.2, 0.25) is 5.13 Å². The van der Waals surface area contributed by atoms with Crippen molar-refractivity contribution in [2.45, 2.75) is 13.1 Å². The molecule has 0 saturated heterocycles. The molecule has 0 unspecified atom stereocenters. The van der Waals surface area contributed by atoms with E-state index in [4.69, 9.17) is 4.74 Å². The first-order chi connectivity index (χ1) is 14.3. The van der Waals surface area contributed by atoms with Gasteiger partial charge in [-0.15, -0.1) is 11.3 Å². The summed E-state index contributed by atoms with van der Waals surface area (Å²) in [4.78, 5) is 4.30. The summed E-state index contributed by atoms with van der Waals surface area (Å²) in [6.07, 6.45) is -4.60. The molecule has 154 valence electrons. The lowest BCUT2D eigenvalue weighted by atomic mass is 10.1. The van der Waals surface area contributed by atoms with Crippen LogP contribution in [-0.2, 0) is 6.18 Å². The molecule has 0 spiro atoms. The fraction of sp³-hybridized carbons (Fsp3) is 0.143. The van der Waals surface area contributed by atoms with Gasteiger partial charge in [-0.2, -0.15) is 18.3 Å². The van der Waals surface area contributed by atoms with E-state index in [0.29, 0.717) is 29.2 Å². The normalized spacial score (nSPS) is 11.6. The largest absolute Gasteiger partial charge is 0.508 e. The van der Waals surface area contributed by atoms with E-state index in [1.165, 1.54) is 12.1 Å². The molecule has 4 aromatic rings. The molecular weight excluding hydrogens is 415 g/mol. The lowest BCUT2D eigenvalue weighted by molar-refractivity contribution is -0.142. The molecule has 0 saturated carbocycles. The summed E-state index contributed by atoms with van der Waals surface area (Å²) in [6.45, 7) is 2.35. The minimum Gasteiger partial charge on any atom is -0.508 e. The van der Waals surface area contributed by atoms with Gasteiger partial charge in [0.15, 0.2) is 5.69 Å². The number of phenols is 1. The lowest BCUT2D eigenvalue weighted by Crippen LogP contribution is -2.13. The number of hydrogen-bond donors (Lipinski definition) is 1. The maximum Gasteiger partial charge on any atom is 0.433 e. The monoisotopic (exact) mass is 431 g/mol. The topological polar surface area (TPSA) is 60.2 Å². The van der Waals surface area contributed by atoms with Crippen LogP contribution < -0.4 is 4.74 Å². The molecule has 9 heteroatoms. The Morgan fingerprint density at radius 3 is 2.47 bits per heavy atom. The second-order valence-electron chi connectivity index (χ2n) is 6.35. The van der Waals surface area contributed by atoms with Crippen LogP contribution in [0, 0.1) is 0 Å². The summed E-state index contributed by atoms with van der Waals surface area (Å²) in [6, 6.07) is 14.1. The molecule has 0 bridgehead atoms. The maximum absolute atomic E-state index is 13.7. The third-order valence-corrected chi connectivity index (χ3v) is 5.09. The Hall–Kier alpha value is -3.33. The summed E-state index contributed by atoms with van der Waals surface area (Å²) in [5.41, 5.74) is 0.859. The van der Waals surface area contributed by atoms with Crippen LogP contribution in [0.3, 0.4) is 0 Å². The third-order valence-electron chi connectivity index (χ3n) is 4.28. The predicted molar refractivity (Wildman–Crippen MR) is 108 cm³/mol. The number of aromatic hydroxyl groups is 1. The van der Waals surface area contributed by atoms with Crippen LogP contribution in [0.2, 0.25) is 0 Å². The van der Waals surface area contributed by atoms with Crippen molar-refractivity contribution in [3.63, 3.8) is 0 Å². The van der Waals surface area contributed by atoms with Crippen LogP contribution in [0.25, 0.3) is 27.6 Å². The van der Waals surface area contributed by atoms with Gasteiger partial charge >= 0.3 is 6.18 Å². The Morgan fingerprint density at radius 1 is 1.03 bits per heavy atom. The highest BCUT2D eigenvalue weighted by Crippen LogP contribution is 2.36. The van der Waals surface area contributed by atoms with Crippen molar-refractivity contribution in [2.24, 2.45) is 0 Å². The van der Waals surface area contributed by atoms with Crippen LogP contribution in [-0.4, -0.2) is 26.5 Å². The van der Waals surface area contributed by atoms with Crippen molar-refractivity contribution in [1.29, 1.82) is 0 Å². The van der Waals surface area contributed by atoms with Gasteiger partial charge in [-0.05, 0) is 49.4 Å². The number of rotatable bonds is 5. The molecule has 0 aliphatic carbocycles. The van der Waals surface area contributed by atoms with E-state index >= 15 is 0 Å². The third kappa shape index (κ3) is 4.02. The summed E-state index contributed by atoms with van der Waals surface area (Å²) in [5.74, 6) is 0.683. The number of nitrogens with zero attached hydrogens (tertiary/aromatic N) is 3. The molecule has 0 radical (unpaired) electrons. The van der Waals surface area contributed by atoms with Crippen molar-refractivity contribution in [1.82, 2.24) is 14.8 Å². The second-order valence-corrected chi connectivity index (χ2v) is 7.18. The highest BCUT2D eigenvalue weighted by atomic mass is 32.1. The maximum atomic E-state index is 13.7. The van der Waals surface area contributed by atoms with Crippen molar-refractivity contribution in [3.05, 3.63) is 65.7 Å². The van der Waals surface area contributed by atoms with Gasteiger partial charge in [0.25, 0.3) is 0 Å². The van der Waals surface area contributed by atoms with Crippen LogP contribution in [0.1, 0.15) is 12.6 Å². The van der Waals surface area contributed by atoms with Gasteiger partial charge in [0.1, 0.15) is 11.5 Å². The second kappa shape index (κ2) is 7.83. The average molecular weight is 431 g/mol. The number of ether oxygens (including phenoxy) is 1. The van der Waals surface area contributed by atoms with Gasteiger partial charge in [-0.3, -0.25) is 0 Å². The SMILES string of the molecule is CCOc1ccc(-c2cc(C(F)(F)F)n(-c3nc(-c4cccc(O)c4)cs3)n2)cc1. The van der Waals surface area contributed by atoms with E-state index in [9.17, 15) is 18.3 Å². The van der Waals surface area contributed by atoms with E-state index in [1.807, 2.05) is 6.92 Å². The predicted octanol–water partition coefficient (Wildman–Crippen LogP) is 5.79. The minimum atomic E-state index is -4.60. The van der Waals surface area contributed by atoms with Crippen molar-refractivity contribution in [3.8, 4) is 39.1 Å². The number of thiazole rings is 1. The van der Waals surface area contributed by atoms with Crippen LogP contribution >= 0.6 is 11.3 Å². The van der Waals surface area contributed by atoms with Crippen molar-refractivity contribution >= 4 is 11.3 Å². The Bertz CT molecular complexity index is 1170. The van der Waals surface area contributed by atoms with Crippen LogP contribution in [0.15, 0.2) is 60.0 Å². The molecule has 5 nitrogen and oxygen atoms in total. The lowest BCUT2D eigenvalue weighted by Gasteiger charge is -2.07. The average Bonchev–Trinajstić information content (AvgIpc) is 3.36. The van der Waals surface area contributed by atoms with Crippen LogP contribution in [0.5, 0.6) is 11.5 Å². The molecule has 2 aromatic heterocycles. The quantitative estimate of drug-likeness (QED) is 0.435. The molecule has 4 rings (SSSR count). The van der Waals surface area contributed by atoms with Gasteiger partial charge in [-0.25, -0.2) is 9.67 Å². The zero-order valence-electron chi connectivity index (χ0n) is 15.7. The summed E-state index contributed by atoms with van der Waals surface area (Å²) < 4.78 is 47.2. The smallest absolute Gasteiger partial charge is 0.433 e. The number of hydrogen-bond acceptors (Lipinski definition) is 5. The molecule has 0 aliphatic rings. The minimum absolute atomic E-state index is 0.0508. The molecule has 0 amide bonds. The molecule has 0 aliphatic heterocycles. The van der Waals surface area contributed by atoms with Gasteiger partial charge in [-0.1, -0.05) is 12.1 Å². The van der Waals surface area contributed by atoms with Crippen LogP contribution in [0.4, 0.5) is 13.2 Å². The highest BCUT2D eigenvalue weighted by molar-refractivity contribution is 7.12. The van der Waals surface area contributed by atoms with Gasteiger partial charge in [0, 0.05) is 16.5 Å². The van der Waals surface area contributed by atoms with Crippen molar-refractivity contribution in [2.75, 3.05) is 6.61 Å². The standard InChI is InChI=1S/C21H16F3N3O2S/c1-2-29-16-8-6-13(7-9-16)17-11-19(21(22,23)24)27(26-17)20-25-18(12-30-20)14-4-3-5-15(28)10-14/h3-12,28H,2H2,1H3. The number of alkyl halides is 3. The Balaban J connectivity index is 1.74. The Kier molecular flexibility index (Phi) is 5.21. The van der Waals surface area contributed by atoms with E-state index < -0.39 is 11.9 Å². The van der Waals surface area contributed by atoms with E-state index in [2.05, 4.69) is 10.1 Å². The first-order valence-electron chi connectivity index (χ1n) is 9.01. The number of phenolic OH excluding ortho intramolecular Hbond substituents is 1. The number of aromatic nitrogens is 3. The van der Waals surface area contributed by atoms with Crippen molar-refractivity contribution < 1.29 is 23.0 Å². The number of halogens is 3. The summed E-state index contributed by atoms with van der Waals surface area (Å²) in [5, 5.41) is 15.5. The molecule has 2 aromatic carbocycles. The van der Waals surface area contributed by atoms with E-state index in [1.54, 1.807) is 41.8 Å². The molecule has 0 atom stereocenters. The first kappa shape index (κ1) is 20.0. The highest BCUT2D eigenvalue weighted by Gasteiger charge is 2.37. The summed E-state index contributed by atoms with van der Waals surface area (Å²) >= 11 is 1.04. The molecule has 30 heavy (non-hydrogen) atoms. The molecule has 0 fully saturated rings. The van der Waals surface area contributed by atoms with E-state index in [-0.39, 0.29) is 16.6 Å². The van der Waals surface area contributed by atoms with E-state index in [0.717, 1.165) is 22.1 Å². The molecule has 2 heterocycles. The molecular formula is C21H16F3N3O2S. The zero-order chi connectivity index (χ0) is 21.3. The van der Waals surface area contributed by atoms with Gasteiger partial charge < -0.3 is 9.84 Å². The zero-order valence-corrected chi connectivity index (χ0v) is 16.5. The Labute approximate surface area is 174 Å².